The summed E-state index contributed by atoms with van der Waals surface area (Å²) in [5.41, 5.74) is 0.902. The lowest BCUT2D eigenvalue weighted by molar-refractivity contribution is -0.122. The maximum Gasteiger partial charge on any atom is 0.337 e. The number of anilines is 2. The van der Waals surface area contributed by atoms with Gasteiger partial charge in [0.15, 0.2) is 0 Å². The average molecular weight is 391 g/mol. The minimum absolute atomic E-state index is 0.0140. The van der Waals surface area contributed by atoms with Crippen LogP contribution in [-0.2, 0) is 14.3 Å². The summed E-state index contributed by atoms with van der Waals surface area (Å²) in [6.45, 7) is 0.102. The molecule has 1 N–H and O–H groups in total. The number of hydrogen-bond donors (Lipinski definition) is 1. The molecule has 2 aromatic carbocycles. The number of amides is 2. The maximum absolute atomic E-state index is 13.3. The molecule has 0 saturated carbocycles. The van der Waals surface area contributed by atoms with Gasteiger partial charge >= 0.3 is 5.97 Å². The molecule has 1 saturated heterocycles. The molecule has 0 aromatic heterocycles. The predicted octanol–water partition coefficient (Wildman–Crippen LogP) is 3.26. The normalized spacial score (nSPS) is 16.3. The Labute approximate surface area is 159 Å². The summed E-state index contributed by atoms with van der Waals surface area (Å²) >= 11 is 6.18. The number of benzene rings is 2. The summed E-state index contributed by atoms with van der Waals surface area (Å²) in [7, 11) is 1.25. The van der Waals surface area contributed by atoms with Gasteiger partial charge in [-0.3, -0.25) is 9.59 Å². The van der Waals surface area contributed by atoms with Crippen molar-refractivity contribution in [2.45, 2.75) is 6.42 Å². The average Bonchev–Trinajstić information content (AvgIpc) is 3.03. The van der Waals surface area contributed by atoms with Gasteiger partial charge in [0.05, 0.1) is 29.3 Å². The van der Waals surface area contributed by atoms with Crippen LogP contribution in [0.15, 0.2) is 42.5 Å². The Morgan fingerprint density at radius 3 is 2.74 bits per heavy atom. The third-order valence-corrected chi connectivity index (χ3v) is 4.57. The van der Waals surface area contributed by atoms with Crippen LogP contribution in [0.4, 0.5) is 15.8 Å². The van der Waals surface area contributed by atoms with Crippen molar-refractivity contribution < 1.29 is 23.5 Å². The van der Waals surface area contributed by atoms with Crippen LogP contribution in [0, 0.1) is 11.7 Å². The monoisotopic (exact) mass is 390 g/mol. The highest BCUT2D eigenvalue weighted by Crippen LogP contribution is 2.32. The number of ether oxygens (including phenoxy) is 1. The molecule has 1 atom stereocenters. The molecule has 0 bridgehead atoms. The maximum atomic E-state index is 13.3. The quantitative estimate of drug-likeness (QED) is 0.813. The molecule has 2 aromatic rings. The minimum Gasteiger partial charge on any atom is -0.465 e. The molecule has 8 heteroatoms. The van der Waals surface area contributed by atoms with E-state index in [1.807, 2.05) is 0 Å². The number of rotatable bonds is 4. The first-order chi connectivity index (χ1) is 12.9. The van der Waals surface area contributed by atoms with E-state index < -0.39 is 23.6 Å². The molecule has 140 valence electrons. The van der Waals surface area contributed by atoms with Crippen LogP contribution < -0.4 is 10.2 Å². The Morgan fingerprint density at radius 1 is 1.26 bits per heavy atom. The fourth-order valence-electron chi connectivity index (χ4n) is 2.89. The molecule has 0 aliphatic carbocycles. The SMILES string of the molecule is COC(=O)c1ccc(Cl)c(N2CC(C(=O)Nc3cccc(F)c3)CC2=O)c1. The number of nitrogens with one attached hydrogen (secondary N) is 1. The smallest absolute Gasteiger partial charge is 0.337 e. The molecule has 3 rings (SSSR count). The van der Waals surface area contributed by atoms with E-state index in [-0.39, 0.29) is 29.5 Å². The zero-order valence-electron chi connectivity index (χ0n) is 14.4. The first-order valence-corrected chi connectivity index (χ1v) is 8.51. The van der Waals surface area contributed by atoms with Crippen molar-refractivity contribution in [1.82, 2.24) is 0 Å². The van der Waals surface area contributed by atoms with Gasteiger partial charge in [0.2, 0.25) is 11.8 Å². The van der Waals surface area contributed by atoms with Crippen LogP contribution in [0.2, 0.25) is 5.02 Å². The van der Waals surface area contributed by atoms with Crippen LogP contribution >= 0.6 is 11.6 Å². The first-order valence-electron chi connectivity index (χ1n) is 8.13. The van der Waals surface area contributed by atoms with Crippen LogP contribution in [0.1, 0.15) is 16.8 Å². The Morgan fingerprint density at radius 2 is 2.04 bits per heavy atom. The van der Waals surface area contributed by atoms with Crippen LogP contribution in [-0.4, -0.2) is 31.4 Å². The molecule has 1 unspecified atom stereocenters. The molecule has 1 fully saturated rings. The van der Waals surface area contributed by atoms with Crippen LogP contribution in [0.5, 0.6) is 0 Å². The van der Waals surface area contributed by atoms with Gasteiger partial charge in [-0.25, -0.2) is 9.18 Å². The summed E-state index contributed by atoms with van der Waals surface area (Å²) in [5.74, 6) is -2.34. The van der Waals surface area contributed by atoms with Crippen molar-refractivity contribution >= 4 is 40.8 Å². The van der Waals surface area contributed by atoms with Gasteiger partial charge in [-0.15, -0.1) is 0 Å². The van der Waals surface area contributed by atoms with Crippen molar-refractivity contribution in [3.05, 3.63) is 58.9 Å². The van der Waals surface area contributed by atoms with Crippen molar-refractivity contribution in [1.29, 1.82) is 0 Å². The lowest BCUT2D eigenvalue weighted by atomic mass is 10.1. The molecule has 0 spiro atoms. The number of esters is 1. The molecule has 1 aliphatic heterocycles. The highest BCUT2D eigenvalue weighted by Gasteiger charge is 2.36. The van der Waals surface area contributed by atoms with Crippen molar-refractivity contribution in [3.8, 4) is 0 Å². The van der Waals surface area contributed by atoms with Gasteiger partial charge in [0, 0.05) is 18.7 Å². The summed E-state index contributed by atoms with van der Waals surface area (Å²) in [6, 6.07) is 9.96. The van der Waals surface area contributed by atoms with E-state index >= 15 is 0 Å². The first kappa shape index (κ1) is 18.8. The zero-order chi connectivity index (χ0) is 19.6. The fraction of sp³-hybridized carbons (Fsp3) is 0.211. The third-order valence-electron chi connectivity index (χ3n) is 4.25. The Bertz CT molecular complexity index is 918. The molecule has 2 amide bonds. The molecule has 6 nitrogen and oxygen atoms in total. The summed E-state index contributed by atoms with van der Waals surface area (Å²) in [4.78, 5) is 37.9. The fourth-order valence-corrected chi connectivity index (χ4v) is 3.11. The lowest BCUT2D eigenvalue weighted by Crippen LogP contribution is -2.28. The molecule has 1 heterocycles. The Kier molecular flexibility index (Phi) is 5.41. The van der Waals surface area contributed by atoms with Crippen molar-refractivity contribution in [2.75, 3.05) is 23.9 Å². The number of methoxy groups -OCH3 is 1. The molecular formula is C19H16ClFN2O4. The van der Waals surface area contributed by atoms with Crippen molar-refractivity contribution in [2.24, 2.45) is 5.92 Å². The van der Waals surface area contributed by atoms with E-state index in [0.717, 1.165) is 0 Å². The number of carbonyl (C=O) groups excluding carboxylic acids is 3. The van der Waals surface area contributed by atoms with Gasteiger partial charge in [-0.05, 0) is 36.4 Å². The van der Waals surface area contributed by atoms with E-state index in [1.165, 1.54) is 48.4 Å². The third kappa shape index (κ3) is 4.09. The predicted molar refractivity (Wildman–Crippen MR) is 98.3 cm³/mol. The highest BCUT2D eigenvalue weighted by atomic mass is 35.5. The summed E-state index contributed by atoms with van der Waals surface area (Å²) in [6.07, 6.45) is -0.0140. The Hall–Kier alpha value is -2.93. The second kappa shape index (κ2) is 7.75. The van der Waals surface area contributed by atoms with E-state index in [1.54, 1.807) is 6.07 Å². The molecule has 27 heavy (non-hydrogen) atoms. The standard InChI is InChI=1S/C19H16ClFN2O4/c1-27-19(26)11-5-6-15(20)16(7-11)23-10-12(8-17(23)24)18(25)22-14-4-2-3-13(21)9-14/h2-7,9,12H,8,10H2,1H3,(H,22,25). The second-order valence-corrected chi connectivity index (χ2v) is 6.47. The topological polar surface area (TPSA) is 75.7 Å². The van der Waals surface area contributed by atoms with Gasteiger partial charge in [-0.2, -0.15) is 0 Å². The number of hydrogen-bond acceptors (Lipinski definition) is 4. The number of carbonyl (C=O) groups is 3. The van der Waals surface area contributed by atoms with E-state index in [9.17, 15) is 18.8 Å². The number of halogens is 2. The van der Waals surface area contributed by atoms with E-state index in [2.05, 4.69) is 10.1 Å². The Balaban J connectivity index is 1.77. The van der Waals surface area contributed by atoms with Gasteiger partial charge in [0.25, 0.3) is 0 Å². The van der Waals surface area contributed by atoms with Gasteiger partial charge < -0.3 is 15.0 Å². The van der Waals surface area contributed by atoms with Gasteiger partial charge in [-0.1, -0.05) is 17.7 Å². The van der Waals surface area contributed by atoms with Gasteiger partial charge in [0.1, 0.15) is 5.82 Å². The molecular weight excluding hydrogens is 375 g/mol. The lowest BCUT2D eigenvalue weighted by Gasteiger charge is -2.19. The van der Waals surface area contributed by atoms with E-state index in [4.69, 9.17) is 11.6 Å². The van der Waals surface area contributed by atoms with Crippen LogP contribution in [0.3, 0.4) is 0 Å². The largest absolute Gasteiger partial charge is 0.465 e. The van der Waals surface area contributed by atoms with Crippen LogP contribution in [0.25, 0.3) is 0 Å². The second-order valence-electron chi connectivity index (χ2n) is 6.06. The molecule has 0 radical (unpaired) electrons. The number of nitrogens with zero attached hydrogens (tertiary/aromatic N) is 1. The molecule has 1 aliphatic rings. The summed E-state index contributed by atoms with van der Waals surface area (Å²) < 4.78 is 17.9. The zero-order valence-corrected chi connectivity index (χ0v) is 15.1. The summed E-state index contributed by atoms with van der Waals surface area (Å²) in [5, 5.41) is 2.89. The highest BCUT2D eigenvalue weighted by molar-refractivity contribution is 6.34. The van der Waals surface area contributed by atoms with E-state index in [0.29, 0.717) is 11.4 Å². The van der Waals surface area contributed by atoms with Crippen molar-refractivity contribution in [3.63, 3.8) is 0 Å². The minimum atomic E-state index is -0.626.